The summed E-state index contributed by atoms with van der Waals surface area (Å²) in [7, 11) is 1.57. The molecule has 6 nitrogen and oxygen atoms in total. The Bertz CT molecular complexity index is 315. The second-order valence-corrected chi connectivity index (χ2v) is 4.54. The van der Waals surface area contributed by atoms with E-state index in [1.54, 1.807) is 7.11 Å². The van der Waals surface area contributed by atoms with Crippen molar-refractivity contribution in [1.82, 2.24) is 20.2 Å². The smallest absolute Gasteiger partial charge is 0.209 e. The standard InChI is InChI=1S/C8H14N4O2S/c1-14-4-7(13)5-15-8-9-10-11-12(8)6-2-3-6/h6-7,13H,2-5H2,1H3. The molecule has 15 heavy (non-hydrogen) atoms. The molecule has 1 fully saturated rings. The topological polar surface area (TPSA) is 73.1 Å². The van der Waals surface area contributed by atoms with Crippen molar-refractivity contribution in [3.63, 3.8) is 0 Å². The lowest BCUT2D eigenvalue weighted by Crippen LogP contribution is -2.17. The fraction of sp³-hybridized carbons (Fsp3) is 0.875. The van der Waals surface area contributed by atoms with Gasteiger partial charge in [0.25, 0.3) is 0 Å². The maximum atomic E-state index is 9.47. The summed E-state index contributed by atoms with van der Waals surface area (Å²) in [4.78, 5) is 0. The Kier molecular flexibility index (Phi) is 3.55. The second kappa shape index (κ2) is 4.91. The average molecular weight is 230 g/mol. The van der Waals surface area contributed by atoms with Gasteiger partial charge in [0.15, 0.2) is 0 Å². The number of methoxy groups -OCH3 is 1. The molecule has 0 bridgehead atoms. The molecule has 1 aromatic heterocycles. The third-order valence-electron chi connectivity index (χ3n) is 2.12. The van der Waals surface area contributed by atoms with Crippen molar-refractivity contribution in [3.05, 3.63) is 0 Å². The predicted molar refractivity (Wildman–Crippen MR) is 54.7 cm³/mol. The minimum Gasteiger partial charge on any atom is -0.390 e. The van der Waals surface area contributed by atoms with Crippen LogP contribution in [0.3, 0.4) is 0 Å². The zero-order chi connectivity index (χ0) is 10.7. The number of ether oxygens (including phenoxy) is 1. The van der Waals surface area contributed by atoms with E-state index < -0.39 is 6.10 Å². The Morgan fingerprint density at radius 2 is 2.47 bits per heavy atom. The van der Waals surface area contributed by atoms with Crippen LogP contribution >= 0.6 is 11.8 Å². The number of aromatic nitrogens is 4. The minimum atomic E-state index is -0.468. The molecule has 0 amide bonds. The Hall–Kier alpha value is -0.660. The van der Waals surface area contributed by atoms with Crippen LogP contribution in [0.4, 0.5) is 0 Å². The van der Waals surface area contributed by atoms with E-state index in [0.29, 0.717) is 18.4 Å². The van der Waals surface area contributed by atoms with E-state index in [-0.39, 0.29) is 0 Å². The Morgan fingerprint density at radius 3 is 3.13 bits per heavy atom. The first kappa shape index (κ1) is 10.8. The van der Waals surface area contributed by atoms with Gasteiger partial charge in [-0.05, 0) is 23.3 Å². The van der Waals surface area contributed by atoms with Gasteiger partial charge in [-0.3, -0.25) is 0 Å². The van der Waals surface area contributed by atoms with Crippen molar-refractivity contribution >= 4 is 11.8 Å². The summed E-state index contributed by atoms with van der Waals surface area (Å²) in [6.07, 6.45) is 1.84. The summed E-state index contributed by atoms with van der Waals surface area (Å²) in [6, 6.07) is 0.474. The number of aliphatic hydroxyl groups is 1. The summed E-state index contributed by atoms with van der Waals surface area (Å²) in [6.45, 7) is 0.345. The molecule has 1 saturated carbocycles. The molecule has 1 aliphatic carbocycles. The van der Waals surface area contributed by atoms with Crippen LogP contribution in [-0.2, 0) is 4.74 Å². The van der Waals surface area contributed by atoms with Crippen LogP contribution in [0.5, 0.6) is 0 Å². The van der Waals surface area contributed by atoms with Gasteiger partial charge in [-0.15, -0.1) is 5.10 Å². The maximum absolute atomic E-state index is 9.47. The van der Waals surface area contributed by atoms with E-state index in [1.165, 1.54) is 11.8 Å². The van der Waals surface area contributed by atoms with Gasteiger partial charge >= 0.3 is 0 Å². The van der Waals surface area contributed by atoms with Gasteiger partial charge < -0.3 is 9.84 Å². The SMILES string of the molecule is COCC(O)CSc1nnnn1C1CC1. The molecule has 0 spiro atoms. The van der Waals surface area contributed by atoms with Gasteiger partial charge in [-0.1, -0.05) is 11.8 Å². The van der Waals surface area contributed by atoms with Gasteiger partial charge in [0.1, 0.15) is 0 Å². The van der Waals surface area contributed by atoms with Crippen LogP contribution < -0.4 is 0 Å². The summed E-state index contributed by atoms with van der Waals surface area (Å²) < 4.78 is 6.68. The van der Waals surface area contributed by atoms with E-state index in [0.717, 1.165) is 18.0 Å². The zero-order valence-electron chi connectivity index (χ0n) is 8.54. The quantitative estimate of drug-likeness (QED) is 0.699. The van der Waals surface area contributed by atoms with E-state index in [1.807, 2.05) is 4.68 Å². The van der Waals surface area contributed by atoms with E-state index in [2.05, 4.69) is 15.5 Å². The number of thioether (sulfide) groups is 1. The number of aliphatic hydroxyl groups excluding tert-OH is 1. The van der Waals surface area contributed by atoms with Crippen LogP contribution in [0.15, 0.2) is 5.16 Å². The van der Waals surface area contributed by atoms with Crippen molar-refractivity contribution in [2.45, 2.75) is 30.1 Å². The number of hydrogen-bond acceptors (Lipinski definition) is 6. The molecule has 1 N–H and O–H groups in total. The number of nitrogens with zero attached hydrogens (tertiary/aromatic N) is 4. The van der Waals surface area contributed by atoms with Crippen LogP contribution in [0.25, 0.3) is 0 Å². The molecular weight excluding hydrogens is 216 g/mol. The number of rotatable bonds is 6. The van der Waals surface area contributed by atoms with E-state index in [4.69, 9.17) is 4.74 Å². The highest BCUT2D eigenvalue weighted by molar-refractivity contribution is 7.99. The van der Waals surface area contributed by atoms with Crippen molar-refractivity contribution in [1.29, 1.82) is 0 Å². The molecule has 1 unspecified atom stereocenters. The maximum Gasteiger partial charge on any atom is 0.209 e. The van der Waals surface area contributed by atoms with Gasteiger partial charge in [-0.2, -0.15) is 0 Å². The molecule has 1 aliphatic rings. The molecule has 0 saturated heterocycles. The molecule has 1 aromatic rings. The van der Waals surface area contributed by atoms with E-state index >= 15 is 0 Å². The minimum absolute atomic E-state index is 0.345. The predicted octanol–water partition coefficient (Wildman–Crippen LogP) is 0.107. The summed E-state index contributed by atoms with van der Waals surface area (Å²) in [5.41, 5.74) is 0. The third-order valence-corrected chi connectivity index (χ3v) is 3.20. The van der Waals surface area contributed by atoms with Crippen molar-refractivity contribution < 1.29 is 9.84 Å². The number of tetrazole rings is 1. The normalized spacial score (nSPS) is 18.0. The largest absolute Gasteiger partial charge is 0.390 e. The van der Waals surface area contributed by atoms with Crippen LogP contribution in [-0.4, -0.2) is 50.9 Å². The Labute approximate surface area is 92.0 Å². The lowest BCUT2D eigenvalue weighted by atomic mass is 10.4. The second-order valence-electron chi connectivity index (χ2n) is 3.56. The molecule has 1 heterocycles. The summed E-state index contributed by atoms with van der Waals surface area (Å²) in [5, 5.41) is 21.7. The van der Waals surface area contributed by atoms with Gasteiger partial charge in [-0.25, -0.2) is 4.68 Å². The number of hydrogen-bond donors (Lipinski definition) is 1. The van der Waals surface area contributed by atoms with Crippen LogP contribution in [0.2, 0.25) is 0 Å². The monoisotopic (exact) mass is 230 g/mol. The summed E-state index contributed by atoms with van der Waals surface area (Å²) >= 11 is 1.47. The lowest BCUT2D eigenvalue weighted by molar-refractivity contribution is 0.0793. The van der Waals surface area contributed by atoms with Crippen molar-refractivity contribution in [2.24, 2.45) is 0 Å². The third kappa shape index (κ3) is 2.90. The first-order valence-electron chi connectivity index (χ1n) is 4.89. The highest BCUT2D eigenvalue weighted by Gasteiger charge is 2.28. The van der Waals surface area contributed by atoms with Gasteiger partial charge in [0, 0.05) is 12.9 Å². The molecule has 84 valence electrons. The van der Waals surface area contributed by atoms with Crippen LogP contribution in [0, 0.1) is 0 Å². The molecule has 1 atom stereocenters. The fourth-order valence-electron chi connectivity index (χ4n) is 1.24. The molecule has 0 aromatic carbocycles. The summed E-state index contributed by atoms with van der Waals surface area (Å²) in [5.74, 6) is 0.556. The highest BCUT2D eigenvalue weighted by atomic mass is 32.2. The van der Waals surface area contributed by atoms with Gasteiger partial charge in [0.2, 0.25) is 5.16 Å². The Morgan fingerprint density at radius 1 is 1.67 bits per heavy atom. The molecular formula is C8H14N4O2S. The lowest BCUT2D eigenvalue weighted by Gasteiger charge is -2.07. The fourth-order valence-corrected chi connectivity index (χ4v) is 2.09. The Balaban J connectivity index is 1.84. The zero-order valence-corrected chi connectivity index (χ0v) is 9.35. The molecule has 0 aliphatic heterocycles. The first-order valence-corrected chi connectivity index (χ1v) is 5.87. The van der Waals surface area contributed by atoms with E-state index in [9.17, 15) is 5.11 Å². The average Bonchev–Trinajstić information content (AvgIpc) is 2.96. The van der Waals surface area contributed by atoms with Gasteiger partial charge in [0.05, 0.1) is 18.8 Å². The molecule has 7 heteroatoms. The van der Waals surface area contributed by atoms with Crippen molar-refractivity contribution in [3.8, 4) is 0 Å². The first-order chi connectivity index (χ1) is 7.31. The highest BCUT2D eigenvalue weighted by Crippen LogP contribution is 2.36. The molecule has 0 radical (unpaired) electrons. The van der Waals surface area contributed by atoms with Crippen molar-refractivity contribution in [2.75, 3.05) is 19.5 Å². The van der Waals surface area contributed by atoms with Crippen LogP contribution in [0.1, 0.15) is 18.9 Å². The molecule has 2 rings (SSSR count).